The van der Waals surface area contributed by atoms with Crippen LogP contribution >= 0.6 is 0 Å². The minimum Gasteiger partial charge on any atom is -0.482 e. The molecule has 1 aromatic carbocycles. The van der Waals surface area contributed by atoms with Crippen LogP contribution in [0.15, 0.2) is 18.2 Å². The Hall–Kier alpha value is -2.24. The number of ether oxygens (including phenoxy) is 1. The van der Waals surface area contributed by atoms with Crippen molar-refractivity contribution in [3.8, 4) is 5.75 Å². The lowest BCUT2D eigenvalue weighted by molar-refractivity contribution is -0.130. The van der Waals surface area contributed by atoms with Crippen LogP contribution in [0.5, 0.6) is 5.75 Å². The second kappa shape index (κ2) is 8.74. The van der Waals surface area contributed by atoms with Gasteiger partial charge in [-0.1, -0.05) is 18.9 Å². The molecular formula is C19H29N3O3. The van der Waals surface area contributed by atoms with Crippen molar-refractivity contribution in [2.24, 2.45) is 5.92 Å². The number of benzene rings is 1. The molecule has 3 amide bonds. The molecule has 0 aromatic heterocycles. The summed E-state index contributed by atoms with van der Waals surface area (Å²) in [7, 11) is 5.18. The molecule has 0 aliphatic heterocycles. The van der Waals surface area contributed by atoms with E-state index in [4.69, 9.17) is 4.74 Å². The van der Waals surface area contributed by atoms with Gasteiger partial charge in [0.15, 0.2) is 6.61 Å². The lowest BCUT2D eigenvalue weighted by Crippen LogP contribution is -2.35. The van der Waals surface area contributed by atoms with Crippen molar-refractivity contribution < 1.29 is 14.3 Å². The average molecular weight is 347 g/mol. The van der Waals surface area contributed by atoms with Crippen LogP contribution in [-0.2, 0) is 4.79 Å². The fourth-order valence-electron chi connectivity index (χ4n) is 2.99. The Kier molecular flexibility index (Phi) is 6.67. The summed E-state index contributed by atoms with van der Waals surface area (Å²) >= 11 is 0. The molecule has 1 aromatic rings. The van der Waals surface area contributed by atoms with Gasteiger partial charge in [-0.3, -0.25) is 4.79 Å². The molecule has 0 heterocycles. The molecule has 6 nitrogen and oxygen atoms in total. The number of hydrogen-bond acceptors (Lipinski definition) is 3. The molecule has 1 saturated carbocycles. The summed E-state index contributed by atoms with van der Waals surface area (Å²) in [5, 5.41) is 2.90. The molecule has 0 unspecified atom stereocenters. The van der Waals surface area contributed by atoms with E-state index in [-0.39, 0.29) is 18.5 Å². The fourth-order valence-corrected chi connectivity index (χ4v) is 2.99. The molecule has 2 rings (SSSR count). The van der Waals surface area contributed by atoms with E-state index in [1.54, 1.807) is 19.0 Å². The van der Waals surface area contributed by atoms with Gasteiger partial charge in [0.05, 0.1) is 5.69 Å². The van der Waals surface area contributed by atoms with Crippen LogP contribution in [0.25, 0.3) is 0 Å². The van der Waals surface area contributed by atoms with E-state index in [0.29, 0.717) is 17.4 Å². The summed E-state index contributed by atoms with van der Waals surface area (Å²) in [5.41, 5.74) is 1.59. The van der Waals surface area contributed by atoms with Crippen molar-refractivity contribution in [2.75, 3.05) is 39.6 Å². The molecule has 25 heavy (non-hydrogen) atoms. The van der Waals surface area contributed by atoms with Gasteiger partial charge in [-0.05, 0) is 43.4 Å². The third kappa shape index (κ3) is 5.66. The predicted octanol–water partition coefficient (Wildman–Crippen LogP) is 3.12. The Bertz CT molecular complexity index is 610. The highest BCUT2D eigenvalue weighted by Crippen LogP contribution is 2.27. The summed E-state index contributed by atoms with van der Waals surface area (Å²) in [6.07, 6.45) is 4.91. The van der Waals surface area contributed by atoms with E-state index < -0.39 is 0 Å². The third-order valence-corrected chi connectivity index (χ3v) is 4.58. The number of amides is 3. The maximum atomic E-state index is 12.5. The topological polar surface area (TPSA) is 61.9 Å². The zero-order valence-corrected chi connectivity index (χ0v) is 15.7. The first-order chi connectivity index (χ1) is 11.9. The molecule has 0 bridgehead atoms. The summed E-state index contributed by atoms with van der Waals surface area (Å²) in [4.78, 5) is 27.4. The maximum Gasteiger partial charge on any atom is 0.321 e. The number of hydrogen-bond donors (Lipinski definition) is 1. The van der Waals surface area contributed by atoms with Gasteiger partial charge >= 0.3 is 6.03 Å². The fraction of sp³-hybridized carbons (Fsp3) is 0.579. The Morgan fingerprint density at radius 2 is 1.88 bits per heavy atom. The first-order valence-electron chi connectivity index (χ1n) is 8.82. The lowest BCUT2D eigenvalue weighted by atomic mass is 10.1. The van der Waals surface area contributed by atoms with Crippen LogP contribution in [0.3, 0.4) is 0 Å². The number of urea groups is 1. The predicted molar refractivity (Wildman–Crippen MR) is 99.0 cm³/mol. The molecule has 1 aliphatic carbocycles. The Labute approximate surface area is 150 Å². The zero-order valence-electron chi connectivity index (χ0n) is 15.7. The molecule has 1 N–H and O–H groups in total. The standard InChI is InChI=1S/C19H29N3O3/c1-14-9-10-16(17(11-14)25-13-18(23)21(2)3)20-19(24)22(4)12-15-7-5-6-8-15/h9-11,15H,5-8,12-13H2,1-4H3,(H,20,24). The van der Waals surface area contributed by atoms with Gasteiger partial charge in [-0.25, -0.2) is 4.79 Å². The van der Waals surface area contributed by atoms with Gasteiger partial charge in [-0.15, -0.1) is 0 Å². The highest BCUT2D eigenvalue weighted by Gasteiger charge is 2.20. The van der Waals surface area contributed by atoms with Crippen molar-refractivity contribution >= 4 is 17.6 Å². The molecule has 0 spiro atoms. The zero-order chi connectivity index (χ0) is 18.4. The van der Waals surface area contributed by atoms with Crippen LogP contribution in [0.1, 0.15) is 31.2 Å². The van der Waals surface area contributed by atoms with E-state index in [1.165, 1.54) is 30.6 Å². The van der Waals surface area contributed by atoms with Crippen LogP contribution in [0, 0.1) is 12.8 Å². The Morgan fingerprint density at radius 3 is 2.52 bits per heavy atom. The van der Waals surface area contributed by atoms with Crippen molar-refractivity contribution in [3.63, 3.8) is 0 Å². The van der Waals surface area contributed by atoms with Gasteiger partial charge in [0.25, 0.3) is 5.91 Å². The maximum absolute atomic E-state index is 12.5. The third-order valence-electron chi connectivity index (χ3n) is 4.58. The van der Waals surface area contributed by atoms with E-state index >= 15 is 0 Å². The lowest BCUT2D eigenvalue weighted by Gasteiger charge is -2.22. The first-order valence-corrected chi connectivity index (χ1v) is 8.82. The molecule has 1 aliphatic rings. The van der Waals surface area contributed by atoms with Crippen LogP contribution in [0.2, 0.25) is 0 Å². The van der Waals surface area contributed by atoms with E-state index in [2.05, 4.69) is 5.32 Å². The van der Waals surface area contributed by atoms with Gasteiger partial charge in [0, 0.05) is 27.7 Å². The van der Waals surface area contributed by atoms with Gasteiger partial charge in [0.2, 0.25) is 0 Å². The average Bonchev–Trinajstić information content (AvgIpc) is 3.07. The monoisotopic (exact) mass is 347 g/mol. The number of nitrogens with one attached hydrogen (secondary N) is 1. The second-order valence-corrected chi connectivity index (χ2v) is 7.04. The molecule has 138 valence electrons. The number of anilines is 1. The smallest absolute Gasteiger partial charge is 0.321 e. The van der Waals surface area contributed by atoms with Crippen molar-refractivity contribution in [1.29, 1.82) is 0 Å². The number of carbonyl (C=O) groups excluding carboxylic acids is 2. The van der Waals surface area contributed by atoms with Gasteiger partial charge in [0.1, 0.15) is 5.75 Å². The van der Waals surface area contributed by atoms with Crippen LogP contribution < -0.4 is 10.1 Å². The largest absolute Gasteiger partial charge is 0.482 e. The quantitative estimate of drug-likeness (QED) is 0.860. The number of aryl methyl sites for hydroxylation is 1. The molecule has 1 fully saturated rings. The Morgan fingerprint density at radius 1 is 1.20 bits per heavy atom. The molecule has 0 radical (unpaired) electrons. The summed E-state index contributed by atoms with van der Waals surface area (Å²) < 4.78 is 5.63. The van der Waals surface area contributed by atoms with Gasteiger partial charge in [-0.2, -0.15) is 0 Å². The second-order valence-electron chi connectivity index (χ2n) is 7.04. The van der Waals surface area contributed by atoms with Crippen molar-refractivity contribution in [3.05, 3.63) is 23.8 Å². The van der Waals surface area contributed by atoms with Gasteiger partial charge < -0.3 is 19.9 Å². The number of carbonyl (C=O) groups is 2. The highest BCUT2D eigenvalue weighted by atomic mass is 16.5. The normalized spacial score (nSPS) is 14.2. The van der Waals surface area contributed by atoms with E-state index in [1.807, 2.05) is 32.2 Å². The molecular weight excluding hydrogens is 318 g/mol. The summed E-state index contributed by atoms with van der Waals surface area (Å²) in [6, 6.07) is 5.40. The van der Waals surface area contributed by atoms with Crippen molar-refractivity contribution in [2.45, 2.75) is 32.6 Å². The highest BCUT2D eigenvalue weighted by molar-refractivity contribution is 5.91. The van der Waals surface area contributed by atoms with Crippen LogP contribution in [-0.4, -0.2) is 56.0 Å². The SMILES string of the molecule is Cc1ccc(NC(=O)N(C)CC2CCCC2)c(OCC(=O)N(C)C)c1. The van der Waals surface area contributed by atoms with E-state index in [9.17, 15) is 9.59 Å². The van der Waals surface area contributed by atoms with Crippen LogP contribution in [0.4, 0.5) is 10.5 Å². The van der Waals surface area contributed by atoms with E-state index in [0.717, 1.165) is 12.1 Å². The molecule has 0 saturated heterocycles. The summed E-state index contributed by atoms with van der Waals surface area (Å²) in [6.45, 7) is 2.66. The minimum atomic E-state index is -0.153. The number of rotatable bonds is 6. The number of likely N-dealkylation sites (N-methyl/N-ethyl adjacent to an activating group) is 1. The molecule has 6 heteroatoms. The molecule has 0 atom stereocenters. The minimum absolute atomic E-state index is 0.0583. The number of nitrogens with zero attached hydrogens (tertiary/aromatic N) is 2. The van der Waals surface area contributed by atoms with Crippen molar-refractivity contribution in [1.82, 2.24) is 9.80 Å². The summed E-state index contributed by atoms with van der Waals surface area (Å²) in [5.74, 6) is 0.983. The Balaban J connectivity index is 1.99. The first kappa shape index (κ1) is 19.1.